The van der Waals surface area contributed by atoms with Crippen LogP contribution in [0.1, 0.15) is 55.6 Å². The van der Waals surface area contributed by atoms with Crippen LogP contribution in [0.5, 0.6) is 0 Å². The Balaban J connectivity index is 1.49. The quantitative estimate of drug-likeness (QED) is 0.915. The van der Waals surface area contributed by atoms with E-state index < -0.39 is 6.10 Å². The fourth-order valence-corrected chi connectivity index (χ4v) is 4.53. The molecule has 1 aromatic rings. The molecule has 0 radical (unpaired) electrons. The lowest BCUT2D eigenvalue weighted by molar-refractivity contribution is -0.141. The zero-order chi connectivity index (χ0) is 16.2. The van der Waals surface area contributed by atoms with E-state index in [-0.39, 0.29) is 5.91 Å². The average Bonchev–Trinajstić information content (AvgIpc) is 3.04. The first-order chi connectivity index (χ1) is 11.1. The Hall–Kier alpha value is -0.980. The lowest BCUT2D eigenvalue weighted by atomic mass is 9.90. The molecule has 0 bridgehead atoms. The highest BCUT2D eigenvalue weighted by Gasteiger charge is 2.24. The van der Waals surface area contributed by atoms with E-state index in [2.05, 4.69) is 10.3 Å². The monoisotopic (exact) mass is 337 g/mol. The number of amides is 1. The summed E-state index contributed by atoms with van der Waals surface area (Å²) in [6, 6.07) is 0. The van der Waals surface area contributed by atoms with Crippen LogP contribution in [0.2, 0.25) is 0 Å². The van der Waals surface area contributed by atoms with E-state index in [1.165, 1.54) is 49.7 Å². The van der Waals surface area contributed by atoms with Gasteiger partial charge in [-0.3, -0.25) is 9.69 Å². The summed E-state index contributed by atoms with van der Waals surface area (Å²) in [4.78, 5) is 20.8. The number of hydrogen-bond acceptors (Lipinski definition) is 5. The fourth-order valence-electron chi connectivity index (χ4n) is 3.55. The Morgan fingerprint density at radius 2 is 2.00 bits per heavy atom. The highest BCUT2D eigenvalue weighted by atomic mass is 32.1. The number of aromatic nitrogens is 1. The van der Waals surface area contributed by atoms with Gasteiger partial charge >= 0.3 is 0 Å². The van der Waals surface area contributed by atoms with Crippen molar-refractivity contribution in [2.75, 3.05) is 26.2 Å². The van der Waals surface area contributed by atoms with Crippen molar-refractivity contribution >= 4 is 17.2 Å². The van der Waals surface area contributed by atoms with E-state index in [1.807, 2.05) is 11.3 Å². The average molecular weight is 337 g/mol. The van der Waals surface area contributed by atoms with E-state index in [0.29, 0.717) is 19.0 Å². The van der Waals surface area contributed by atoms with Gasteiger partial charge in [0.25, 0.3) is 5.91 Å². The van der Waals surface area contributed by atoms with Gasteiger partial charge in [-0.05, 0) is 19.8 Å². The second-order valence-corrected chi connectivity index (χ2v) is 7.68. The number of nitrogens with zero attached hydrogens (tertiary/aromatic N) is 3. The van der Waals surface area contributed by atoms with Crippen molar-refractivity contribution < 1.29 is 9.90 Å². The van der Waals surface area contributed by atoms with Crippen LogP contribution < -0.4 is 0 Å². The summed E-state index contributed by atoms with van der Waals surface area (Å²) >= 11 is 1.82. The molecule has 0 aromatic carbocycles. The molecular weight excluding hydrogens is 310 g/mol. The van der Waals surface area contributed by atoms with Gasteiger partial charge < -0.3 is 10.0 Å². The molecule has 1 amide bonds. The third-order valence-corrected chi connectivity index (χ3v) is 6.01. The molecule has 128 valence electrons. The maximum absolute atomic E-state index is 11.8. The Morgan fingerprint density at radius 1 is 1.30 bits per heavy atom. The van der Waals surface area contributed by atoms with Crippen molar-refractivity contribution in [3.05, 3.63) is 16.1 Å². The van der Waals surface area contributed by atoms with Gasteiger partial charge in [-0.15, -0.1) is 11.3 Å². The van der Waals surface area contributed by atoms with Crippen LogP contribution in [0, 0.1) is 0 Å². The molecule has 1 aliphatic heterocycles. The minimum atomic E-state index is -0.891. The van der Waals surface area contributed by atoms with Crippen molar-refractivity contribution in [1.82, 2.24) is 14.8 Å². The molecule has 1 aliphatic carbocycles. The van der Waals surface area contributed by atoms with Gasteiger partial charge in [0.2, 0.25) is 0 Å². The molecule has 0 spiro atoms. The summed E-state index contributed by atoms with van der Waals surface area (Å²) in [5, 5.41) is 12.9. The number of piperazine rings is 1. The number of carbonyl (C=O) groups excluding carboxylic acids is 1. The first kappa shape index (κ1) is 16.9. The molecule has 23 heavy (non-hydrogen) atoms. The summed E-state index contributed by atoms with van der Waals surface area (Å²) in [6.07, 6.45) is 5.78. The van der Waals surface area contributed by atoms with E-state index >= 15 is 0 Å². The molecular formula is C17H27N3O2S. The zero-order valence-electron chi connectivity index (χ0n) is 13.9. The Kier molecular flexibility index (Phi) is 5.67. The zero-order valence-corrected chi connectivity index (χ0v) is 14.7. The minimum Gasteiger partial charge on any atom is -0.384 e. The van der Waals surface area contributed by atoms with Crippen LogP contribution in [0.25, 0.3) is 0 Å². The third-order valence-electron chi connectivity index (χ3n) is 4.95. The van der Waals surface area contributed by atoms with Crippen LogP contribution >= 0.6 is 11.3 Å². The maximum atomic E-state index is 11.8. The highest BCUT2D eigenvalue weighted by molar-refractivity contribution is 7.09. The molecule has 1 unspecified atom stereocenters. The number of aliphatic hydroxyl groups excluding tert-OH is 1. The summed E-state index contributed by atoms with van der Waals surface area (Å²) in [6.45, 7) is 5.52. The number of aliphatic hydroxyl groups is 1. The van der Waals surface area contributed by atoms with E-state index in [9.17, 15) is 9.90 Å². The topological polar surface area (TPSA) is 56.7 Å². The maximum Gasteiger partial charge on any atom is 0.251 e. The molecule has 5 nitrogen and oxygen atoms in total. The second kappa shape index (κ2) is 7.73. The molecule has 1 N–H and O–H groups in total. The smallest absolute Gasteiger partial charge is 0.251 e. The lowest BCUT2D eigenvalue weighted by Gasteiger charge is -2.34. The van der Waals surface area contributed by atoms with Crippen molar-refractivity contribution in [2.45, 2.75) is 57.6 Å². The van der Waals surface area contributed by atoms with E-state index in [4.69, 9.17) is 4.98 Å². The highest BCUT2D eigenvalue weighted by Crippen LogP contribution is 2.34. The summed E-state index contributed by atoms with van der Waals surface area (Å²) < 4.78 is 0. The Morgan fingerprint density at radius 3 is 2.65 bits per heavy atom. The molecule has 1 aromatic heterocycles. The lowest BCUT2D eigenvalue weighted by Crippen LogP contribution is -2.50. The van der Waals surface area contributed by atoms with Gasteiger partial charge in [0.1, 0.15) is 6.10 Å². The molecule has 6 heteroatoms. The molecule has 1 atom stereocenters. The van der Waals surface area contributed by atoms with Crippen molar-refractivity contribution in [3.63, 3.8) is 0 Å². The standard InChI is InChI=1S/C17H27N3O2S/c1-13(21)17(22)20-9-7-19(8-10-20)11-15-12-23-16(18-15)14-5-3-2-4-6-14/h12-14,21H,2-11H2,1H3. The minimum absolute atomic E-state index is 0.155. The Bertz CT molecular complexity index is 518. The van der Waals surface area contributed by atoms with Gasteiger partial charge in [-0.1, -0.05) is 19.3 Å². The number of hydrogen-bond donors (Lipinski definition) is 1. The number of carbonyl (C=O) groups is 1. The molecule has 3 rings (SSSR count). The van der Waals surface area contributed by atoms with Gasteiger partial charge in [0, 0.05) is 44.0 Å². The second-order valence-electron chi connectivity index (χ2n) is 6.79. The van der Waals surface area contributed by atoms with Gasteiger partial charge in [-0.2, -0.15) is 0 Å². The summed E-state index contributed by atoms with van der Waals surface area (Å²) in [7, 11) is 0. The van der Waals surface area contributed by atoms with Gasteiger partial charge in [0.15, 0.2) is 0 Å². The summed E-state index contributed by atoms with van der Waals surface area (Å²) in [5.74, 6) is 0.529. The summed E-state index contributed by atoms with van der Waals surface area (Å²) in [5.41, 5.74) is 1.17. The number of rotatable bonds is 4. The van der Waals surface area contributed by atoms with Crippen LogP contribution in [0.15, 0.2) is 5.38 Å². The van der Waals surface area contributed by atoms with Gasteiger partial charge in [0.05, 0.1) is 10.7 Å². The molecule has 2 aliphatic rings. The molecule has 2 fully saturated rings. The Labute approximate surface area is 142 Å². The first-order valence-corrected chi connectivity index (χ1v) is 9.65. The van der Waals surface area contributed by atoms with E-state index in [1.54, 1.807) is 4.90 Å². The van der Waals surface area contributed by atoms with Crippen LogP contribution in [-0.4, -0.2) is 58.1 Å². The van der Waals surface area contributed by atoms with Crippen molar-refractivity contribution in [2.24, 2.45) is 0 Å². The molecule has 2 heterocycles. The molecule has 1 saturated carbocycles. The van der Waals surface area contributed by atoms with Gasteiger partial charge in [-0.25, -0.2) is 4.98 Å². The van der Waals surface area contributed by atoms with Crippen LogP contribution in [0.3, 0.4) is 0 Å². The predicted molar refractivity (Wildman–Crippen MR) is 91.5 cm³/mol. The normalized spacial score (nSPS) is 22.3. The van der Waals surface area contributed by atoms with Crippen molar-refractivity contribution in [1.29, 1.82) is 0 Å². The van der Waals surface area contributed by atoms with Crippen LogP contribution in [-0.2, 0) is 11.3 Å². The fraction of sp³-hybridized carbons (Fsp3) is 0.765. The largest absolute Gasteiger partial charge is 0.384 e. The predicted octanol–water partition coefficient (Wildman–Crippen LogP) is 2.22. The van der Waals surface area contributed by atoms with Crippen molar-refractivity contribution in [3.8, 4) is 0 Å². The molecule has 1 saturated heterocycles. The third kappa shape index (κ3) is 4.31. The SMILES string of the molecule is CC(O)C(=O)N1CCN(Cc2csc(C3CCCCC3)n2)CC1. The van der Waals surface area contributed by atoms with Crippen LogP contribution in [0.4, 0.5) is 0 Å². The first-order valence-electron chi connectivity index (χ1n) is 8.77. The number of thiazole rings is 1. The van der Waals surface area contributed by atoms with E-state index in [0.717, 1.165) is 19.6 Å².